The molecule has 1 fully saturated rings. The van der Waals surface area contributed by atoms with Crippen molar-refractivity contribution in [3.8, 4) is 5.75 Å². The molecule has 140 valence electrons. The molecule has 7 nitrogen and oxygen atoms in total. The highest BCUT2D eigenvalue weighted by molar-refractivity contribution is 5.80. The minimum Gasteiger partial charge on any atom is -0.497 e. The van der Waals surface area contributed by atoms with Crippen molar-refractivity contribution < 1.29 is 4.74 Å². The second kappa shape index (κ2) is 8.69. The van der Waals surface area contributed by atoms with Gasteiger partial charge in [0, 0.05) is 13.1 Å². The summed E-state index contributed by atoms with van der Waals surface area (Å²) in [5, 5.41) is 15.3. The Kier molecular flexibility index (Phi) is 6.09. The second-order valence-electron chi connectivity index (χ2n) is 6.72. The minimum absolute atomic E-state index is 0.493. The number of aryl methyl sites for hydroxylation is 1. The smallest absolute Gasteiger partial charge is 0.192 e. The SMILES string of the molecule is COc1cccc(CN=C(NCc2nnc(C)n2C)NC2CCCC2)c1. The number of benzene rings is 1. The van der Waals surface area contributed by atoms with Gasteiger partial charge >= 0.3 is 0 Å². The summed E-state index contributed by atoms with van der Waals surface area (Å²) in [5.74, 6) is 3.47. The third-order valence-corrected chi connectivity index (χ3v) is 4.85. The van der Waals surface area contributed by atoms with Crippen molar-refractivity contribution in [2.24, 2.45) is 12.0 Å². The number of nitrogens with zero attached hydrogens (tertiary/aromatic N) is 4. The molecular formula is C19H28N6O. The van der Waals surface area contributed by atoms with Crippen LogP contribution < -0.4 is 15.4 Å². The van der Waals surface area contributed by atoms with Gasteiger partial charge in [0.25, 0.3) is 0 Å². The van der Waals surface area contributed by atoms with Crippen molar-refractivity contribution in [3.63, 3.8) is 0 Å². The van der Waals surface area contributed by atoms with Crippen LogP contribution in [0, 0.1) is 6.92 Å². The van der Waals surface area contributed by atoms with E-state index in [0.29, 0.717) is 19.1 Å². The Morgan fingerprint density at radius 2 is 2.12 bits per heavy atom. The third-order valence-electron chi connectivity index (χ3n) is 4.85. The van der Waals surface area contributed by atoms with E-state index in [1.54, 1.807) is 7.11 Å². The molecule has 1 heterocycles. The summed E-state index contributed by atoms with van der Waals surface area (Å²) in [4.78, 5) is 4.77. The Balaban J connectivity index is 1.67. The van der Waals surface area contributed by atoms with Gasteiger partial charge in [0.15, 0.2) is 11.8 Å². The maximum Gasteiger partial charge on any atom is 0.192 e. The number of methoxy groups -OCH3 is 1. The number of ether oxygens (including phenoxy) is 1. The number of aliphatic imine (C=N–C) groups is 1. The fourth-order valence-electron chi connectivity index (χ4n) is 3.12. The van der Waals surface area contributed by atoms with Crippen LogP contribution in [-0.4, -0.2) is 33.9 Å². The number of hydrogen-bond donors (Lipinski definition) is 2. The van der Waals surface area contributed by atoms with Crippen LogP contribution in [0.4, 0.5) is 0 Å². The quantitative estimate of drug-likeness (QED) is 0.614. The molecule has 1 saturated carbocycles. The van der Waals surface area contributed by atoms with E-state index in [1.807, 2.05) is 36.7 Å². The average Bonchev–Trinajstić information content (AvgIpc) is 3.28. The molecule has 26 heavy (non-hydrogen) atoms. The van der Waals surface area contributed by atoms with Crippen molar-refractivity contribution in [3.05, 3.63) is 41.5 Å². The molecule has 3 rings (SSSR count). The van der Waals surface area contributed by atoms with Crippen LogP contribution in [0.3, 0.4) is 0 Å². The topological polar surface area (TPSA) is 76.4 Å². The van der Waals surface area contributed by atoms with Crippen molar-refractivity contribution in [1.82, 2.24) is 25.4 Å². The average molecular weight is 356 g/mol. The Labute approximate surface area is 154 Å². The van der Waals surface area contributed by atoms with Crippen LogP contribution in [0.5, 0.6) is 5.75 Å². The van der Waals surface area contributed by atoms with Crippen LogP contribution >= 0.6 is 0 Å². The molecule has 1 aromatic heterocycles. The summed E-state index contributed by atoms with van der Waals surface area (Å²) in [7, 11) is 3.66. The zero-order valence-electron chi connectivity index (χ0n) is 15.8. The fraction of sp³-hybridized carbons (Fsp3) is 0.526. The summed E-state index contributed by atoms with van der Waals surface area (Å²) in [5.41, 5.74) is 1.12. The van der Waals surface area contributed by atoms with Gasteiger partial charge in [-0.05, 0) is 37.5 Å². The van der Waals surface area contributed by atoms with Gasteiger partial charge in [-0.2, -0.15) is 0 Å². The van der Waals surface area contributed by atoms with Crippen molar-refractivity contribution in [1.29, 1.82) is 0 Å². The molecule has 0 atom stereocenters. The molecule has 0 amide bonds. The molecule has 0 radical (unpaired) electrons. The molecule has 2 aromatic rings. The summed E-state index contributed by atoms with van der Waals surface area (Å²) in [6.07, 6.45) is 4.96. The molecular weight excluding hydrogens is 328 g/mol. The first kappa shape index (κ1) is 18.2. The first-order chi connectivity index (χ1) is 12.7. The molecule has 2 N–H and O–H groups in total. The number of guanidine groups is 1. The van der Waals surface area contributed by atoms with Crippen LogP contribution in [0.25, 0.3) is 0 Å². The first-order valence-electron chi connectivity index (χ1n) is 9.18. The van der Waals surface area contributed by atoms with E-state index in [-0.39, 0.29) is 0 Å². The van der Waals surface area contributed by atoms with Crippen LogP contribution in [0.15, 0.2) is 29.3 Å². The van der Waals surface area contributed by atoms with Gasteiger partial charge in [-0.3, -0.25) is 0 Å². The van der Waals surface area contributed by atoms with E-state index in [1.165, 1.54) is 25.7 Å². The lowest BCUT2D eigenvalue weighted by Crippen LogP contribution is -2.42. The Morgan fingerprint density at radius 1 is 1.31 bits per heavy atom. The standard InChI is InChI=1S/C19H28N6O/c1-14-23-24-18(25(14)2)13-21-19(22-16-8-4-5-9-16)20-12-15-7-6-10-17(11-15)26-3/h6-7,10-11,16H,4-5,8-9,12-13H2,1-3H3,(H2,20,21,22). The van der Waals surface area contributed by atoms with Crippen molar-refractivity contribution >= 4 is 5.96 Å². The number of nitrogens with one attached hydrogen (secondary N) is 2. The van der Waals surface area contributed by atoms with E-state index in [9.17, 15) is 0 Å². The Morgan fingerprint density at radius 3 is 2.81 bits per heavy atom. The molecule has 0 aliphatic heterocycles. The van der Waals surface area contributed by atoms with Crippen LogP contribution in [0.1, 0.15) is 42.9 Å². The predicted molar refractivity (Wildman–Crippen MR) is 102 cm³/mol. The third kappa shape index (κ3) is 4.74. The summed E-state index contributed by atoms with van der Waals surface area (Å²) >= 11 is 0. The monoisotopic (exact) mass is 356 g/mol. The first-order valence-corrected chi connectivity index (χ1v) is 9.18. The van der Waals surface area contributed by atoms with Crippen LogP contribution in [-0.2, 0) is 20.1 Å². The number of hydrogen-bond acceptors (Lipinski definition) is 4. The number of rotatable bonds is 6. The molecule has 0 saturated heterocycles. The molecule has 1 aliphatic carbocycles. The minimum atomic E-state index is 0.493. The zero-order valence-corrected chi connectivity index (χ0v) is 15.8. The highest BCUT2D eigenvalue weighted by atomic mass is 16.5. The lowest BCUT2D eigenvalue weighted by atomic mass is 10.2. The van der Waals surface area contributed by atoms with E-state index < -0.39 is 0 Å². The van der Waals surface area contributed by atoms with Gasteiger partial charge in [0.05, 0.1) is 20.2 Å². The Hall–Kier alpha value is -2.57. The van der Waals surface area contributed by atoms with Gasteiger partial charge < -0.3 is 19.9 Å². The van der Waals surface area contributed by atoms with Crippen molar-refractivity contribution in [2.75, 3.05) is 7.11 Å². The second-order valence-corrected chi connectivity index (χ2v) is 6.72. The highest BCUT2D eigenvalue weighted by Crippen LogP contribution is 2.18. The van der Waals surface area contributed by atoms with Gasteiger partial charge in [0.1, 0.15) is 11.6 Å². The zero-order chi connectivity index (χ0) is 18.4. The van der Waals surface area contributed by atoms with Gasteiger partial charge in [-0.15, -0.1) is 10.2 Å². The van der Waals surface area contributed by atoms with Gasteiger partial charge in [-0.1, -0.05) is 25.0 Å². The maximum atomic E-state index is 5.29. The number of aromatic nitrogens is 3. The molecule has 1 aromatic carbocycles. The maximum absolute atomic E-state index is 5.29. The van der Waals surface area contributed by atoms with E-state index in [2.05, 4.69) is 26.9 Å². The molecule has 1 aliphatic rings. The van der Waals surface area contributed by atoms with E-state index >= 15 is 0 Å². The fourth-order valence-corrected chi connectivity index (χ4v) is 3.12. The van der Waals surface area contributed by atoms with Crippen molar-refractivity contribution in [2.45, 2.75) is 51.7 Å². The van der Waals surface area contributed by atoms with E-state index in [0.717, 1.165) is 28.9 Å². The lowest BCUT2D eigenvalue weighted by Gasteiger charge is -2.17. The summed E-state index contributed by atoms with van der Waals surface area (Å²) in [6, 6.07) is 8.50. The molecule has 7 heteroatoms. The normalized spacial score (nSPS) is 15.3. The van der Waals surface area contributed by atoms with Gasteiger partial charge in [0.2, 0.25) is 0 Å². The molecule has 0 unspecified atom stereocenters. The summed E-state index contributed by atoms with van der Waals surface area (Å²) < 4.78 is 7.28. The predicted octanol–water partition coefficient (Wildman–Crippen LogP) is 2.31. The lowest BCUT2D eigenvalue weighted by molar-refractivity contribution is 0.414. The molecule has 0 spiro atoms. The largest absolute Gasteiger partial charge is 0.497 e. The van der Waals surface area contributed by atoms with E-state index in [4.69, 9.17) is 9.73 Å². The van der Waals surface area contributed by atoms with Crippen LogP contribution in [0.2, 0.25) is 0 Å². The van der Waals surface area contributed by atoms with Gasteiger partial charge in [-0.25, -0.2) is 4.99 Å². The summed E-state index contributed by atoms with van der Waals surface area (Å²) in [6.45, 7) is 3.14. The Bertz CT molecular complexity index is 748. The molecule has 0 bridgehead atoms. The highest BCUT2D eigenvalue weighted by Gasteiger charge is 2.16.